The lowest BCUT2D eigenvalue weighted by molar-refractivity contribution is -0.121. The largest absolute Gasteiger partial charge is 0.482 e. The van der Waals surface area contributed by atoms with E-state index in [1.807, 2.05) is 61.5 Å². The van der Waals surface area contributed by atoms with Crippen molar-refractivity contribution < 1.29 is 14.3 Å². The second-order valence-corrected chi connectivity index (χ2v) is 7.10. The Hall–Kier alpha value is -3.60. The molecule has 0 aromatic heterocycles. The molecule has 0 radical (unpaired) electrons. The van der Waals surface area contributed by atoms with E-state index in [0.717, 1.165) is 11.1 Å². The van der Waals surface area contributed by atoms with Gasteiger partial charge in [-0.2, -0.15) is 0 Å². The van der Waals surface area contributed by atoms with Crippen LogP contribution in [0.3, 0.4) is 0 Å². The summed E-state index contributed by atoms with van der Waals surface area (Å²) in [6.45, 7) is 2.91. The van der Waals surface area contributed by atoms with Crippen molar-refractivity contribution in [1.82, 2.24) is 5.32 Å². The number of ether oxygens (including phenoxy) is 1. The third kappa shape index (κ3) is 4.29. The van der Waals surface area contributed by atoms with Gasteiger partial charge in [-0.3, -0.25) is 9.59 Å². The average Bonchev–Trinajstić information content (AvgIpc) is 2.75. The van der Waals surface area contributed by atoms with Gasteiger partial charge in [-0.05, 0) is 36.2 Å². The van der Waals surface area contributed by atoms with Crippen molar-refractivity contribution in [2.24, 2.45) is 0 Å². The van der Waals surface area contributed by atoms with E-state index in [-0.39, 0.29) is 18.4 Å². The third-order valence-electron chi connectivity index (χ3n) is 4.92. The highest BCUT2D eigenvalue weighted by Gasteiger charge is 2.26. The standard InChI is InChI=1S/C24H22N2O3/c1-17-7-9-18(10-8-17)14-25-24(28)20-11-12-22-21(13-20)26(23(27)16-29-22)15-19-5-3-2-4-6-19/h2-13H,14-16H2,1H3,(H,25,28). The first-order valence-electron chi connectivity index (χ1n) is 9.55. The molecule has 0 saturated carbocycles. The van der Waals surface area contributed by atoms with Gasteiger partial charge in [0.15, 0.2) is 6.61 Å². The molecule has 2 amide bonds. The Kier molecular flexibility index (Phi) is 5.29. The zero-order valence-electron chi connectivity index (χ0n) is 16.2. The van der Waals surface area contributed by atoms with Crippen LogP contribution in [0.1, 0.15) is 27.0 Å². The molecule has 0 fully saturated rings. The van der Waals surface area contributed by atoms with Gasteiger partial charge in [0, 0.05) is 12.1 Å². The second kappa shape index (κ2) is 8.19. The first kappa shape index (κ1) is 18.7. The van der Waals surface area contributed by atoms with Crippen molar-refractivity contribution in [2.75, 3.05) is 11.5 Å². The molecular formula is C24H22N2O3. The summed E-state index contributed by atoms with van der Waals surface area (Å²) in [6.07, 6.45) is 0. The zero-order valence-corrected chi connectivity index (χ0v) is 16.2. The number of nitrogens with one attached hydrogen (secondary N) is 1. The molecule has 0 unspecified atom stereocenters. The molecule has 0 aliphatic carbocycles. The molecule has 4 rings (SSSR count). The van der Waals surface area contributed by atoms with Gasteiger partial charge in [0.2, 0.25) is 0 Å². The Morgan fingerprint density at radius 3 is 2.52 bits per heavy atom. The summed E-state index contributed by atoms with van der Waals surface area (Å²) in [4.78, 5) is 26.8. The third-order valence-corrected chi connectivity index (χ3v) is 4.92. The SMILES string of the molecule is Cc1ccc(CNC(=O)c2ccc3c(c2)N(Cc2ccccc2)C(=O)CO3)cc1. The number of carbonyl (C=O) groups is 2. The van der Waals surface area contributed by atoms with E-state index in [2.05, 4.69) is 5.32 Å². The summed E-state index contributed by atoms with van der Waals surface area (Å²) in [5.41, 5.74) is 4.34. The van der Waals surface area contributed by atoms with Crippen LogP contribution in [0, 0.1) is 6.92 Å². The predicted molar refractivity (Wildman–Crippen MR) is 112 cm³/mol. The molecule has 29 heavy (non-hydrogen) atoms. The van der Waals surface area contributed by atoms with Crippen LogP contribution in [0.15, 0.2) is 72.8 Å². The number of benzene rings is 3. The quantitative estimate of drug-likeness (QED) is 0.725. The summed E-state index contributed by atoms with van der Waals surface area (Å²) in [5, 5.41) is 2.93. The van der Waals surface area contributed by atoms with Crippen LogP contribution < -0.4 is 15.0 Å². The van der Waals surface area contributed by atoms with E-state index in [1.54, 1.807) is 23.1 Å². The van der Waals surface area contributed by atoms with Gasteiger partial charge in [-0.1, -0.05) is 60.2 Å². The lowest BCUT2D eigenvalue weighted by Gasteiger charge is -2.29. The minimum Gasteiger partial charge on any atom is -0.482 e. The number of hydrogen-bond acceptors (Lipinski definition) is 3. The summed E-state index contributed by atoms with van der Waals surface area (Å²) in [6, 6.07) is 23.0. The fourth-order valence-corrected chi connectivity index (χ4v) is 3.27. The number of carbonyl (C=O) groups excluding carboxylic acids is 2. The molecule has 1 heterocycles. The summed E-state index contributed by atoms with van der Waals surface area (Å²) < 4.78 is 5.56. The molecule has 5 nitrogen and oxygen atoms in total. The molecule has 0 saturated heterocycles. The van der Waals surface area contributed by atoms with Crippen LogP contribution >= 0.6 is 0 Å². The topological polar surface area (TPSA) is 58.6 Å². The monoisotopic (exact) mass is 386 g/mol. The first-order valence-corrected chi connectivity index (χ1v) is 9.55. The van der Waals surface area contributed by atoms with Gasteiger partial charge in [-0.25, -0.2) is 0 Å². The number of hydrogen-bond donors (Lipinski definition) is 1. The molecule has 3 aromatic rings. The van der Waals surface area contributed by atoms with E-state index >= 15 is 0 Å². The Labute approximate surface area is 169 Å². The highest BCUT2D eigenvalue weighted by atomic mass is 16.5. The minimum atomic E-state index is -0.189. The molecule has 5 heteroatoms. The maximum Gasteiger partial charge on any atom is 0.265 e. The van der Waals surface area contributed by atoms with Crippen molar-refractivity contribution in [2.45, 2.75) is 20.0 Å². The summed E-state index contributed by atoms with van der Waals surface area (Å²) >= 11 is 0. The Morgan fingerprint density at radius 1 is 1.00 bits per heavy atom. The molecule has 146 valence electrons. The molecule has 1 N–H and O–H groups in total. The van der Waals surface area contributed by atoms with Crippen LogP contribution in [-0.2, 0) is 17.9 Å². The number of anilines is 1. The van der Waals surface area contributed by atoms with Gasteiger partial charge < -0.3 is 15.0 Å². The lowest BCUT2D eigenvalue weighted by atomic mass is 10.1. The van der Waals surface area contributed by atoms with E-state index in [1.165, 1.54) is 5.56 Å². The fraction of sp³-hybridized carbons (Fsp3) is 0.167. The maximum atomic E-state index is 12.7. The van der Waals surface area contributed by atoms with Gasteiger partial charge in [0.25, 0.3) is 11.8 Å². The number of aryl methyl sites for hydroxylation is 1. The zero-order chi connectivity index (χ0) is 20.2. The molecule has 1 aliphatic rings. The van der Waals surface area contributed by atoms with Crippen molar-refractivity contribution in [3.8, 4) is 5.75 Å². The number of rotatable bonds is 5. The van der Waals surface area contributed by atoms with Crippen LogP contribution in [0.5, 0.6) is 5.75 Å². The van der Waals surface area contributed by atoms with Crippen molar-refractivity contribution in [3.05, 3.63) is 95.1 Å². The summed E-state index contributed by atoms with van der Waals surface area (Å²) in [5.74, 6) is 0.292. The van der Waals surface area contributed by atoms with E-state index in [4.69, 9.17) is 4.74 Å². The van der Waals surface area contributed by atoms with E-state index in [9.17, 15) is 9.59 Å². The van der Waals surface area contributed by atoms with Crippen LogP contribution in [0.4, 0.5) is 5.69 Å². The van der Waals surface area contributed by atoms with Gasteiger partial charge in [0.05, 0.1) is 12.2 Å². The van der Waals surface area contributed by atoms with Crippen LogP contribution in [0.25, 0.3) is 0 Å². The minimum absolute atomic E-state index is 0.00119. The summed E-state index contributed by atoms with van der Waals surface area (Å²) in [7, 11) is 0. The molecular weight excluding hydrogens is 364 g/mol. The first-order chi connectivity index (χ1) is 14.1. The van der Waals surface area contributed by atoms with Crippen LogP contribution in [-0.4, -0.2) is 18.4 Å². The predicted octanol–water partition coefficient (Wildman–Crippen LogP) is 3.85. The normalized spacial score (nSPS) is 12.9. The van der Waals surface area contributed by atoms with Gasteiger partial charge in [0.1, 0.15) is 5.75 Å². The van der Waals surface area contributed by atoms with Crippen molar-refractivity contribution in [1.29, 1.82) is 0 Å². The highest BCUT2D eigenvalue weighted by molar-refractivity contribution is 6.01. The molecule has 0 atom stereocenters. The molecule has 3 aromatic carbocycles. The van der Waals surface area contributed by atoms with Gasteiger partial charge >= 0.3 is 0 Å². The fourth-order valence-electron chi connectivity index (χ4n) is 3.27. The number of amides is 2. The number of fused-ring (bicyclic) bond motifs is 1. The van der Waals surface area contributed by atoms with Crippen molar-refractivity contribution >= 4 is 17.5 Å². The Balaban J connectivity index is 1.53. The highest BCUT2D eigenvalue weighted by Crippen LogP contribution is 2.34. The Bertz CT molecular complexity index is 1030. The van der Waals surface area contributed by atoms with Gasteiger partial charge in [-0.15, -0.1) is 0 Å². The number of nitrogens with zero attached hydrogens (tertiary/aromatic N) is 1. The lowest BCUT2D eigenvalue weighted by Crippen LogP contribution is -2.38. The van der Waals surface area contributed by atoms with E-state index in [0.29, 0.717) is 30.1 Å². The smallest absolute Gasteiger partial charge is 0.265 e. The van der Waals surface area contributed by atoms with Crippen LogP contribution in [0.2, 0.25) is 0 Å². The second-order valence-electron chi connectivity index (χ2n) is 7.10. The Morgan fingerprint density at radius 2 is 1.76 bits per heavy atom. The van der Waals surface area contributed by atoms with Crippen molar-refractivity contribution in [3.63, 3.8) is 0 Å². The average molecular weight is 386 g/mol. The maximum absolute atomic E-state index is 12.7. The molecule has 0 bridgehead atoms. The molecule has 1 aliphatic heterocycles. The molecule has 0 spiro atoms. The van der Waals surface area contributed by atoms with E-state index < -0.39 is 0 Å².